The minimum absolute atomic E-state index is 0.101. The van der Waals surface area contributed by atoms with Gasteiger partial charge in [0.2, 0.25) is 0 Å². The lowest BCUT2D eigenvalue weighted by molar-refractivity contribution is 0.591. The van der Waals surface area contributed by atoms with Crippen LogP contribution in [0.5, 0.6) is 0 Å². The van der Waals surface area contributed by atoms with Gasteiger partial charge in [0.05, 0.1) is 5.75 Å². The molecular formula is C5H13NO2S. The van der Waals surface area contributed by atoms with Crippen molar-refractivity contribution in [3.63, 3.8) is 0 Å². The summed E-state index contributed by atoms with van der Waals surface area (Å²) < 4.78 is 21.5. The lowest BCUT2D eigenvalue weighted by Crippen LogP contribution is -2.26. The van der Waals surface area contributed by atoms with Crippen molar-refractivity contribution < 1.29 is 8.42 Å². The summed E-state index contributed by atoms with van der Waals surface area (Å²) in [5.41, 5.74) is 5.27. The van der Waals surface area contributed by atoms with E-state index in [1.807, 2.05) is 0 Å². The molecule has 2 N–H and O–H groups in total. The van der Waals surface area contributed by atoms with Crippen molar-refractivity contribution >= 4 is 9.84 Å². The molecule has 0 aromatic carbocycles. The van der Waals surface area contributed by atoms with Gasteiger partial charge in [0.25, 0.3) is 0 Å². The molecule has 56 valence electrons. The molecule has 0 unspecified atom stereocenters. The lowest BCUT2D eigenvalue weighted by Gasteiger charge is -2.02. The van der Waals surface area contributed by atoms with Crippen LogP contribution in [-0.4, -0.2) is 26.0 Å². The highest BCUT2D eigenvalue weighted by atomic mass is 32.2. The molecule has 0 aliphatic heterocycles. The molecule has 1 atom stereocenters. The maximum absolute atomic E-state index is 10.7. The molecule has 0 bridgehead atoms. The van der Waals surface area contributed by atoms with Crippen LogP contribution in [0.4, 0.5) is 0 Å². The molecule has 9 heavy (non-hydrogen) atoms. The second-order valence-electron chi connectivity index (χ2n) is 2.18. The van der Waals surface area contributed by atoms with E-state index in [2.05, 4.69) is 0 Å². The van der Waals surface area contributed by atoms with Crippen LogP contribution in [-0.2, 0) is 9.84 Å². The first-order chi connectivity index (χ1) is 3.98. The zero-order valence-electron chi connectivity index (χ0n) is 5.79. The van der Waals surface area contributed by atoms with Crippen LogP contribution in [0.2, 0.25) is 0 Å². The molecule has 4 heteroatoms. The molecule has 0 amide bonds. The van der Waals surface area contributed by atoms with E-state index in [1.165, 1.54) is 0 Å². The third-order valence-corrected chi connectivity index (χ3v) is 2.87. The summed E-state index contributed by atoms with van der Waals surface area (Å²) in [7, 11) is -2.84. The second kappa shape index (κ2) is 3.17. The summed E-state index contributed by atoms with van der Waals surface area (Å²) in [5, 5.41) is 0. The van der Waals surface area contributed by atoms with E-state index in [4.69, 9.17) is 5.73 Å². The van der Waals surface area contributed by atoms with Crippen LogP contribution in [0.1, 0.15) is 13.8 Å². The molecule has 0 saturated heterocycles. The highest BCUT2D eigenvalue weighted by Crippen LogP contribution is 1.90. The number of sulfone groups is 1. The fraction of sp³-hybridized carbons (Fsp3) is 1.00. The topological polar surface area (TPSA) is 60.2 Å². The predicted molar refractivity (Wildman–Crippen MR) is 38.0 cm³/mol. The quantitative estimate of drug-likeness (QED) is 0.606. The van der Waals surface area contributed by atoms with Gasteiger partial charge in [-0.05, 0) is 6.92 Å². The monoisotopic (exact) mass is 151 g/mol. The Kier molecular flexibility index (Phi) is 3.14. The molecule has 0 saturated carbocycles. The highest BCUT2D eigenvalue weighted by molar-refractivity contribution is 7.91. The van der Waals surface area contributed by atoms with Crippen LogP contribution < -0.4 is 5.73 Å². The van der Waals surface area contributed by atoms with E-state index in [0.717, 1.165) is 0 Å². The van der Waals surface area contributed by atoms with Crippen molar-refractivity contribution in [2.24, 2.45) is 5.73 Å². The molecule has 0 radical (unpaired) electrons. The largest absolute Gasteiger partial charge is 0.327 e. The number of hydrogen-bond donors (Lipinski definition) is 1. The lowest BCUT2D eigenvalue weighted by atomic mass is 10.4. The Labute approximate surface area is 56.2 Å². The van der Waals surface area contributed by atoms with Crippen molar-refractivity contribution in [3.8, 4) is 0 Å². The second-order valence-corrected chi connectivity index (χ2v) is 4.57. The Morgan fingerprint density at radius 3 is 2.11 bits per heavy atom. The summed E-state index contributed by atoms with van der Waals surface area (Å²) in [5.74, 6) is 0.290. The molecule has 0 aliphatic rings. The fourth-order valence-electron chi connectivity index (χ4n) is 0.518. The van der Waals surface area contributed by atoms with E-state index in [1.54, 1.807) is 13.8 Å². The van der Waals surface area contributed by atoms with Crippen molar-refractivity contribution in [2.45, 2.75) is 19.9 Å². The van der Waals surface area contributed by atoms with Gasteiger partial charge in [-0.2, -0.15) is 0 Å². The van der Waals surface area contributed by atoms with Gasteiger partial charge in [0.1, 0.15) is 0 Å². The standard InChI is InChI=1S/C5H13NO2S/c1-3-9(7,8)4-5(2)6/h5H,3-4,6H2,1-2H3/t5-/m0/s1. The average molecular weight is 151 g/mol. The molecule has 0 aliphatic carbocycles. The van der Waals surface area contributed by atoms with Crippen molar-refractivity contribution in [1.82, 2.24) is 0 Å². The Balaban J connectivity index is 3.90. The van der Waals surface area contributed by atoms with E-state index < -0.39 is 9.84 Å². The van der Waals surface area contributed by atoms with Crippen LogP contribution in [0.15, 0.2) is 0 Å². The number of hydrogen-bond acceptors (Lipinski definition) is 3. The summed E-state index contributed by atoms with van der Waals surface area (Å²) in [6.45, 7) is 3.31. The summed E-state index contributed by atoms with van der Waals surface area (Å²) in [6.07, 6.45) is 0. The predicted octanol–water partition coefficient (Wildman–Crippen LogP) is -0.232. The van der Waals surface area contributed by atoms with E-state index in [9.17, 15) is 8.42 Å². The number of nitrogens with two attached hydrogens (primary N) is 1. The van der Waals surface area contributed by atoms with Gasteiger partial charge in [-0.15, -0.1) is 0 Å². The Bertz CT molecular complexity index is 160. The Morgan fingerprint density at radius 2 is 2.00 bits per heavy atom. The van der Waals surface area contributed by atoms with E-state index in [-0.39, 0.29) is 17.5 Å². The van der Waals surface area contributed by atoms with Crippen molar-refractivity contribution in [1.29, 1.82) is 0 Å². The van der Waals surface area contributed by atoms with Crippen LogP contribution in [0, 0.1) is 0 Å². The molecule has 0 rings (SSSR count). The minimum Gasteiger partial charge on any atom is -0.327 e. The van der Waals surface area contributed by atoms with Gasteiger partial charge in [-0.3, -0.25) is 0 Å². The third-order valence-electron chi connectivity index (χ3n) is 0.957. The summed E-state index contributed by atoms with van der Waals surface area (Å²) >= 11 is 0. The molecule has 3 nitrogen and oxygen atoms in total. The molecular weight excluding hydrogens is 138 g/mol. The normalized spacial score (nSPS) is 15.4. The number of rotatable bonds is 3. The average Bonchev–Trinajstić information content (AvgIpc) is 1.63. The fourth-order valence-corrected chi connectivity index (χ4v) is 1.56. The SMILES string of the molecule is CCS(=O)(=O)C[C@H](C)N. The minimum atomic E-state index is -2.84. The molecule has 0 heterocycles. The van der Waals surface area contributed by atoms with Gasteiger partial charge < -0.3 is 5.73 Å². The van der Waals surface area contributed by atoms with Crippen LogP contribution in [0.25, 0.3) is 0 Å². The first kappa shape index (κ1) is 8.91. The van der Waals surface area contributed by atoms with Gasteiger partial charge in [-0.25, -0.2) is 8.42 Å². The third kappa shape index (κ3) is 4.42. The van der Waals surface area contributed by atoms with Gasteiger partial charge in [0.15, 0.2) is 9.84 Å². The molecule has 0 fully saturated rings. The maximum Gasteiger partial charge on any atom is 0.151 e. The Morgan fingerprint density at radius 1 is 1.56 bits per heavy atom. The zero-order valence-corrected chi connectivity index (χ0v) is 6.61. The van der Waals surface area contributed by atoms with E-state index >= 15 is 0 Å². The molecule has 0 spiro atoms. The smallest absolute Gasteiger partial charge is 0.151 e. The van der Waals surface area contributed by atoms with E-state index in [0.29, 0.717) is 0 Å². The van der Waals surface area contributed by atoms with Crippen molar-refractivity contribution in [2.75, 3.05) is 11.5 Å². The van der Waals surface area contributed by atoms with Gasteiger partial charge in [0, 0.05) is 11.8 Å². The van der Waals surface area contributed by atoms with Gasteiger partial charge >= 0.3 is 0 Å². The summed E-state index contributed by atoms with van der Waals surface area (Å²) in [4.78, 5) is 0. The molecule has 0 aromatic heterocycles. The Hall–Kier alpha value is -0.0900. The first-order valence-electron chi connectivity index (χ1n) is 2.94. The van der Waals surface area contributed by atoms with Crippen molar-refractivity contribution in [3.05, 3.63) is 0 Å². The van der Waals surface area contributed by atoms with Gasteiger partial charge in [-0.1, -0.05) is 6.92 Å². The van der Waals surface area contributed by atoms with Crippen LogP contribution >= 0.6 is 0 Å². The zero-order chi connectivity index (χ0) is 7.49. The summed E-state index contributed by atoms with van der Waals surface area (Å²) in [6, 6.07) is -0.241. The highest BCUT2D eigenvalue weighted by Gasteiger charge is 2.08. The maximum atomic E-state index is 10.7. The van der Waals surface area contributed by atoms with Crippen LogP contribution in [0.3, 0.4) is 0 Å². The first-order valence-corrected chi connectivity index (χ1v) is 4.76. The molecule has 0 aromatic rings.